The van der Waals surface area contributed by atoms with Gasteiger partial charge in [-0.2, -0.15) is 0 Å². The minimum Gasteiger partial charge on any atom is -0.376 e. The van der Waals surface area contributed by atoms with E-state index in [4.69, 9.17) is 4.74 Å². The number of rotatable bonds is 5. The van der Waals surface area contributed by atoms with Crippen LogP contribution < -0.4 is 15.1 Å². The highest BCUT2D eigenvalue weighted by Gasteiger charge is 2.21. The van der Waals surface area contributed by atoms with Crippen molar-refractivity contribution in [3.05, 3.63) is 54.1 Å². The number of carbonyl (C=O) groups is 1. The number of carbonyl (C=O) groups excluding carboxylic acids is 1. The SMILES string of the molecule is O=C(NCC1CCCO1)c1cc(N2CCN(c3ccccc3F)CC2)ccn1. The summed E-state index contributed by atoms with van der Waals surface area (Å²) in [6.07, 6.45) is 3.81. The zero-order valence-corrected chi connectivity index (χ0v) is 15.8. The van der Waals surface area contributed by atoms with Crippen LogP contribution in [0.2, 0.25) is 0 Å². The molecule has 0 radical (unpaired) electrons. The summed E-state index contributed by atoms with van der Waals surface area (Å²) in [5, 5.41) is 2.91. The third-order valence-electron chi connectivity index (χ3n) is 5.33. The van der Waals surface area contributed by atoms with Crippen LogP contribution in [0.4, 0.5) is 15.8 Å². The highest BCUT2D eigenvalue weighted by atomic mass is 19.1. The third kappa shape index (κ3) is 4.25. The minimum atomic E-state index is -0.190. The van der Waals surface area contributed by atoms with Gasteiger partial charge in [0.25, 0.3) is 5.91 Å². The van der Waals surface area contributed by atoms with Gasteiger partial charge >= 0.3 is 0 Å². The maximum atomic E-state index is 14.0. The van der Waals surface area contributed by atoms with Crippen LogP contribution in [0.25, 0.3) is 0 Å². The Morgan fingerprint density at radius 3 is 2.71 bits per heavy atom. The molecule has 148 valence electrons. The standard InChI is InChI=1S/C21H25FN4O2/c22-18-5-1-2-6-20(18)26-11-9-25(10-12-26)16-7-8-23-19(14-16)21(27)24-15-17-4-3-13-28-17/h1-2,5-8,14,17H,3-4,9-13,15H2,(H,24,27). The number of para-hydroxylation sites is 1. The lowest BCUT2D eigenvalue weighted by atomic mass is 10.2. The summed E-state index contributed by atoms with van der Waals surface area (Å²) in [6.45, 7) is 4.26. The zero-order valence-electron chi connectivity index (χ0n) is 15.8. The molecule has 7 heteroatoms. The average Bonchev–Trinajstić information content (AvgIpc) is 3.26. The van der Waals surface area contributed by atoms with Crippen LogP contribution in [0.3, 0.4) is 0 Å². The van der Waals surface area contributed by atoms with Crippen molar-refractivity contribution < 1.29 is 13.9 Å². The lowest BCUT2D eigenvalue weighted by Crippen LogP contribution is -2.47. The number of nitrogens with zero attached hydrogens (tertiary/aromatic N) is 3. The number of hydrogen-bond donors (Lipinski definition) is 1. The molecule has 4 rings (SSSR count). The van der Waals surface area contributed by atoms with E-state index in [-0.39, 0.29) is 17.8 Å². The second-order valence-electron chi connectivity index (χ2n) is 7.17. The second-order valence-corrected chi connectivity index (χ2v) is 7.17. The molecule has 0 aliphatic carbocycles. The van der Waals surface area contributed by atoms with Gasteiger partial charge in [0.2, 0.25) is 0 Å². The lowest BCUT2D eigenvalue weighted by Gasteiger charge is -2.37. The molecule has 0 bridgehead atoms. The molecule has 6 nitrogen and oxygen atoms in total. The number of amides is 1. The molecule has 2 aliphatic heterocycles. The van der Waals surface area contributed by atoms with Crippen molar-refractivity contribution in [3.63, 3.8) is 0 Å². The highest BCUT2D eigenvalue weighted by Crippen LogP contribution is 2.23. The number of halogens is 1. The Bertz CT molecular complexity index is 818. The van der Waals surface area contributed by atoms with Crippen LogP contribution in [0.1, 0.15) is 23.3 Å². The molecule has 0 spiro atoms. The third-order valence-corrected chi connectivity index (χ3v) is 5.33. The van der Waals surface area contributed by atoms with E-state index in [0.717, 1.165) is 51.3 Å². The second kappa shape index (κ2) is 8.56. The quantitative estimate of drug-likeness (QED) is 0.858. The van der Waals surface area contributed by atoms with Crippen molar-refractivity contribution in [3.8, 4) is 0 Å². The minimum absolute atomic E-state index is 0.110. The molecule has 2 saturated heterocycles. The Kier molecular flexibility index (Phi) is 5.71. The van der Waals surface area contributed by atoms with Gasteiger partial charge in [-0.1, -0.05) is 12.1 Å². The topological polar surface area (TPSA) is 57.7 Å². The first kappa shape index (κ1) is 18.7. The highest BCUT2D eigenvalue weighted by molar-refractivity contribution is 5.93. The molecule has 0 saturated carbocycles. The Morgan fingerprint density at radius 2 is 1.96 bits per heavy atom. The van der Waals surface area contributed by atoms with Gasteiger partial charge in [0.05, 0.1) is 11.8 Å². The first-order valence-electron chi connectivity index (χ1n) is 9.81. The summed E-state index contributed by atoms with van der Waals surface area (Å²) in [4.78, 5) is 20.9. The molecule has 2 fully saturated rings. The zero-order chi connectivity index (χ0) is 19.3. The first-order valence-corrected chi connectivity index (χ1v) is 9.81. The van der Waals surface area contributed by atoms with Crippen LogP contribution in [-0.2, 0) is 4.74 Å². The Hall–Kier alpha value is -2.67. The molecule has 1 unspecified atom stereocenters. The van der Waals surface area contributed by atoms with E-state index in [1.165, 1.54) is 6.07 Å². The van der Waals surface area contributed by atoms with E-state index < -0.39 is 0 Å². The number of benzene rings is 1. The molecule has 2 aromatic rings. The number of piperazine rings is 1. The van der Waals surface area contributed by atoms with Crippen molar-refractivity contribution in [2.24, 2.45) is 0 Å². The average molecular weight is 384 g/mol. The summed E-state index contributed by atoms with van der Waals surface area (Å²) >= 11 is 0. The number of hydrogen-bond acceptors (Lipinski definition) is 5. The smallest absolute Gasteiger partial charge is 0.270 e. The number of ether oxygens (including phenoxy) is 1. The largest absolute Gasteiger partial charge is 0.376 e. The monoisotopic (exact) mass is 384 g/mol. The summed E-state index contributed by atoms with van der Waals surface area (Å²) < 4.78 is 19.5. The van der Waals surface area contributed by atoms with Gasteiger partial charge < -0.3 is 19.9 Å². The fraction of sp³-hybridized carbons (Fsp3) is 0.429. The molecule has 2 aliphatic rings. The summed E-state index contributed by atoms with van der Waals surface area (Å²) in [5.41, 5.74) is 2.02. The van der Waals surface area contributed by atoms with E-state index >= 15 is 0 Å². The van der Waals surface area contributed by atoms with Crippen LogP contribution in [0.5, 0.6) is 0 Å². The van der Waals surface area contributed by atoms with Crippen molar-refractivity contribution in [2.45, 2.75) is 18.9 Å². The maximum absolute atomic E-state index is 14.0. The van der Waals surface area contributed by atoms with E-state index in [9.17, 15) is 9.18 Å². The Balaban J connectivity index is 1.35. The van der Waals surface area contributed by atoms with Crippen molar-refractivity contribution >= 4 is 17.3 Å². The predicted octanol–water partition coefficient (Wildman–Crippen LogP) is 2.46. The fourth-order valence-corrected chi connectivity index (χ4v) is 3.76. The van der Waals surface area contributed by atoms with E-state index in [0.29, 0.717) is 17.9 Å². The van der Waals surface area contributed by atoms with E-state index in [1.807, 2.05) is 24.3 Å². The summed E-state index contributed by atoms with van der Waals surface area (Å²) in [7, 11) is 0. The van der Waals surface area contributed by atoms with Crippen molar-refractivity contribution in [2.75, 3.05) is 49.1 Å². The molecule has 1 aromatic heterocycles. The van der Waals surface area contributed by atoms with Crippen LogP contribution in [0.15, 0.2) is 42.6 Å². The van der Waals surface area contributed by atoms with E-state index in [1.54, 1.807) is 12.3 Å². The van der Waals surface area contributed by atoms with Gasteiger partial charge in [0.15, 0.2) is 0 Å². The maximum Gasteiger partial charge on any atom is 0.270 e. The fourth-order valence-electron chi connectivity index (χ4n) is 3.76. The molecule has 1 N–H and O–H groups in total. The lowest BCUT2D eigenvalue weighted by molar-refractivity contribution is 0.0853. The van der Waals surface area contributed by atoms with Crippen LogP contribution in [-0.4, -0.2) is 56.3 Å². The summed E-state index contributed by atoms with van der Waals surface area (Å²) in [6, 6.07) is 10.6. The number of anilines is 2. The van der Waals surface area contributed by atoms with Crippen molar-refractivity contribution in [1.82, 2.24) is 10.3 Å². The molecule has 1 atom stereocenters. The number of pyridine rings is 1. The van der Waals surface area contributed by atoms with Gasteiger partial charge in [-0.05, 0) is 37.1 Å². The summed E-state index contributed by atoms with van der Waals surface area (Å²) in [5.74, 6) is -0.368. The van der Waals surface area contributed by atoms with E-state index in [2.05, 4.69) is 20.1 Å². The predicted molar refractivity (Wildman–Crippen MR) is 106 cm³/mol. The molecular formula is C21H25FN4O2. The molecule has 1 amide bonds. The molecule has 28 heavy (non-hydrogen) atoms. The number of nitrogens with one attached hydrogen (secondary N) is 1. The van der Waals surface area contributed by atoms with Crippen LogP contribution in [0, 0.1) is 5.82 Å². The van der Waals surface area contributed by atoms with Gasteiger partial charge in [0.1, 0.15) is 11.5 Å². The van der Waals surface area contributed by atoms with Crippen LogP contribution >= 0.6 is 0 Å². The Labute approximate surface area is 164 Å². The molecular weight excluding hydrogens is 359 g/mol. The normalized spacial score (nSPS) is 19.7. The van der Waals surface area contributed by atoms with Gasteiger partial charge in [-0.3, -0.25) is 9.78 Å². The molecule has 1 aromatic carbocycles. The first-order chi connectivity index (χ1) is 13.7. The Morgan fingerprint density at radius 1 is 1.18 bits per heavy atom. The number of aromatic nitrogens is 1. The van der Waals surface area contributed by atoms with Gasteiger partial charge in [-0.25, -0.2) is 4.39 Å². The molecule has 3 heterocycles. The van der Waals surface area contributed by atoms with Gasteiger partial charge in [0, 0.05) is 51.2 Å². The van der Waals surface area contributed by atoms with Crippen molar-refractivity contribution in [1.29, 1.82) is 0 Å². The van der Waals surface area contributed by atoms with Gasteiger partial charge in [-0.15, -0.1) is 0 Å².